The van der Waals surface area contributed by atoms with Crippen LogP contribution >= 0.6 is 15.9 Å². The summed E-state index contributed by atoms with van der Waals surface area (Å²) in [5.74, 6) is 0. The highest BCUT2D eigenvalue weighted by Gasteiger charge is 1.98. The predicted octanol–water partition coefficient (Wildman–Crippen LogP) is 3.16. The first-order valence-electron chi connectivity index (χ1n) is 3.09. The smallest absolute Gasteiger partial charge is 0.228 e. The van der Waals surface area contributed by atoms with Gasteiger partial charge in [0.1, 0.15) is 0 Å². The van der Waals surface area contributed by atoms with E-state index in [1.165, 1.54) is 0 Å². The third-order valence-corrected chi connectivity index (χ3v) is 1.71. The number of carbonyl (C=O) groups is 1. The summed E-state index contributed by atoms with van der Waals surface area (Å²) in [4.78, 5) is 13.3. The van der Waals surface area contributed by atoms with Gasteiger partial charge in [-0.1, -0.05) is 29.4 Å². The summed E-state index contributed by atoms with van der Waals surface area (Å²) in [6, 6.07) is 6.32. The maximum absolute atomic E-state index is 10.7. The van der Waals surface area contributed by atoms with E-state index < -0.39 is 0 Å². The van der Waals surface area contributed by atoms with E-state index in [1.807, 2.05) is 0 Å². The van der Waals surface area contributed by atoms with E-state index in [0.29, 0.717) is 11.3 Å². The molecule has 0 N–H and O–H groups in total. The van der Waals surface area contributed by atoms with Crippen molar-refractivity contribution in [2.24, 2.45) is 5.11 Å². The molecule has 0 radical (unpaired) electrons. The summed E-state index contributed by atoms with van der Waals surface area (Å²) < 4.78 is -0.185. The van der Waals surface area contributed by atoms with Crippen LogP contribution in [0, 0.1) is 0 Å². The van der Waals surface area contributed by atoms with Crippen LogP contribution < -0.4 is 0 Å². The molecule has 4 nitrogen and oxygen atoms in total. The van der Waals surface area contributed by atoms with Crippen LogP contribution in [0.5, 0.6) is 0 Å². The fourth-order valence-corrected chi connectivity index (χ4v) is 0.975. The van der Waals surface area contributed by atoms with Crippen LogP contribution in [0.1, 0.15) is 10.4 Å². The molecule has 0 aliphatic rings. The minimum atomic E-state index is -0.185. The van der Waals surface area contributed by atoms with Gasteiger partial charge in [-0.25, -0.2) is 0 Å². The van der Waals surface area contributed by atoms with Gasteiger partial charge in [0.25, 0.3) is 0 Å². The first-order chi connectivity index (χ1) is 5.74. The van der Waals surface area contributed by atoms with Gasteiger partial charge in [-0.05, 0) is 21.5 Å². The molecule has 0 unspecified atom stereocenters. The molecule has 0 saturated carbocycles. The molecule has 0 fully saturated rings. The van der Waals surface area contributed by atoms with Crippen molar-refractivity contribution in [3.05, 3.63) is 40.3 Å². The first-order valence-corrected chi connectivity index (χ1v) is 3.88. The van der Waals surface area contributed by atoms with Crippen molar-refractivity contribution in [3.8, 4) is 0 Å². The zero-order chi connectivity index (χ0) is 8.97. The number of nitrogens with zero attached hydrogens (tertiary/aromatic N) is 3. The Bertz CT molecular complexity index is 319. The van der Waals surface area contributed by atoms with Gasteiger partial charge >= 0.3 is 0 Å². The van der Waals surface area contributed by atoms with E-state index >= 15 is 0 Å². The quantitative estimate of drug-likeness (QED) is 0.330. The van der Waals surface area contributed by atoms with E-state index in [9.17, 15) is 4.79 Å². The number of benzene rings is 1. The van der Waals surface area contributed by atoms with Crippen molar-refractivity contribution in [3.63, 3.8) is 0 Å². The third kappa shape index (κ3) is 2.08. The molecule has 1 rings (SSSR count). The van der Waals surface area contributed by atoms with Gasteiger partial charge in [-0.3, -0.25) is 4.79 Å². The van der Waals surface area contributed by atoms with Gasteiger partial charge in [0.15, 0.2) is 0 Å². The van der Waals surface area contributed by atoms with Gasteiger partial charge in [-0.2, -0.15) is 0 Å². The molecule has 5 heteroatoms. The molecule has 0 heterocycles. The maximum Gasteiger partial charge on any atom is 0.228 e. The maximum atomic E-state index is 10.7. The Morgan fingerprint density at radius 2 is 2.00 bits per heavy atom. The summed E-state index contributed by atoms with van der Waals surface area (Å²) in [6.45, 7) is 0. The van der Waals surface area contributed by atoms with Crippen LogP contribution in [-0.2, 0) is 0 Å². The second-order valence-electron chi connectivity index (χ2n) is 2.01. The second-order valence-corrected chi connectivity index (χ2v) is 2.73. The van der Waals surface area contributed by atoms with E-state index in [1.54, 1.807) is 24.3 Å². The Balaban J connectivity index is 3.00. The monoisotopic (exact) mass is 225 g/mol. The Kier molecular flexibility index (Phi) is 2.85. The fourth-order valence-electron chi connectivity index (χ4n) is 0.711. The first kappa shape index (κ1) is 8.77. The Morgan fingerprint density at radius 1 is 1.42 bits per heavy atom. The molecule has 1 aromatic carbocycles. The standard InChI is InChI=1S/C7H4BrN3O/c8-7(12)5-1-3-6(4-2-5)10-11-9/h1-4H. The van der Waals surface area contributed by atoms with Crippen molar-refractivity contribution < 1.29 is 4.79 Å². The van der Waals surface area contributed by atoms with Crippen LogP contribution in [0.2, 0.25) is 0 Å². The third-order valence-electron chi connectivity index (χ3n) is 1.25. The van der Waals surface area contributed by atoms with Crippen molar-refractivity contribution >= 4 is 26.3 Å². The largest absolute Gasteiger partial charge is 0.281 e. The van der Waals surface area contributed by atoms with Gasteiger partial charge in [0, 0.05) is 16.2 Å². The van der Waals surface area contributed by atoms with Gasteiger partial charge in [-0.15, -0.1) is 0 Å². The van der Waals surface area contributed by atoms with Crippen LogP contribution in [0.3, 0.4) is 0 Å². The van der Waals surface area contributed by atoms with Crippen LogP contribution in [-0.4, -0.2) is 4.69 Å². The molecular formula is C7H4BrN3O. The van der Waals surface area contributed by atoms with Gasteiger partial charge in [0.2, 0.25) is 4.69 Å². The SMILES string of the molecule is [N-]=[N+]=Nc1ccc(C(=O)Br)cc1. The summed E-state index contributed by atoms with van der Waals surface area (Å²) in [7, 11) is 0. The summed E-state index contributed by atoms with van der Waals surface area (Å²) in [5.41, 5.74) is 9.11. The van der Waals surface area contributed by atoms with Crippen molar-refractivity contribution in [2.45, 2.75) is 0 Å². The second kappa shape index (κ2) is 3.90. The number of halogens is 1. The Labute approximate surface area is 77.0 Å². The van der Waals surface area contributed by atoms with Crippen LogP contribution in [0.15, 0.2) is 29.4 Å². The van der Waals surface area contributed by atoms with E-state index in [4.69, 9.17) is 5.53 Å². The highest BCUT2D eigenvalue weighted by atomic mass is 79.9. The average molecular weight is 226 g/mol. The minimum absolute atomic E-state index is 0.185. The molecule has 0 spiro atoms. The zero-order valence-electron chi connectivity index (χ0n) is 5.94. The molecule has 0 aromatic heterocycles. The molecule has 0 amide bonds. The molecule has 0 atom stereocenters. The van der Waals surface area contributed by atoms with Crippen molar-refractivity contribution in [2.75, 3.05) is 0 Å². The lowest BCUT2D eigenvalue weighted by Crippen LogP contribution is -1.84. The van der Waals surface area contributed by atoms with Crippen LogP contribution in [0.4, 0.5) is 5.69 Å². The lowest BCUT2D eigenvalue weighted by Gasteiger charge is -1.92. The van der Waals surface area contributed by atoms with E-state index in [2.05, 4.69) is 26.0 Å². The summed E-state index contributed by atoms with van der Waals surface area (Å²) in [5, 5.41) is 3.36. The highest BCUT2D eigenvalue weighted by molar-refractivity contribution is 9.18. The molecule has 0 aliphatic heterocycles. The Hall–Kier alpha value is -1.32. The van der Waals surface area contributed by atoms with E-state index in [-0.39, 0.29) is 4.69 Å². The van der Waals surface area contributed by atoms with Gasteiger partial charge < -0.3 is 0 Å². The molecule has 0 saturated heterocycles. The number of azide groups is 1. The normalized spacial score (nSPS) is 8.75. The Morgan fingerprint density at radius 3 is 2.42 bits per heavy atom. The summed E-state index contributed by atoms with van der Waals surface area (Å²) >= 11 is 2.80. The molecule has 0 bridgehead atoms. The molecule has 1 aromatic rings. The topological polar surface area (TPSA) is 65.8 Å². The number of rotatable bonds is 2. The average Bonchev–Trinajstić information content (AvgIpc) is 2.06. The van der Waals surface area contributed by atoms with E-state index in [0.717, 1.165) is 0 Å². The number of hydrogen-bond acceptors (Lipinski definition) is 2. The number of hydrogen-bond donors (Lipinski definition) is 0. The zero-order valence-corrected chi connectivity index (χ0v) is 7.52. The lowest BCUT2D eigenvalue weighted by molar-refractivity contribution is 0.109. The minimum Gasteiger partial charge on any atom is -0.281 e. The molecular weight excluding hydrogens is 222 g/mol. The molecule has 0 aliphatic carbocycles. The van der Waals surface area contributed by atoms with Crippen molar-refractivity contribution in [1.29, 1.82) is 0 Å². The summed E-state index contributed by atoms with van der Waals surface area (Å²) in [6.07, 6.45) is 0. The number of carbonyl (C=O) groups excluding carboxylic acids is 1. The molecule has 60 valence electrons. The van der Waals surface area contributed by atoms with Crippen LogP contribution in [0.25, 0.3) is 10.4 Å². The fraction of sp³-hybridized carbons (Fsp3) is 0. The van der Waals surface area contributed by atoms with Crippen molar-refractivity contribution in [1.82, 2.24) is 0 Å². The molecule has 12 heavy (non-hydrogen) atoms. The lowest BCUT2D eigenvalue weighted by atomic mass is 10.2. The predicted molar refractivity (Wildman–Crippen MR) is 48.5 cm³/mol. The van der Waals surface area contributed by atoms with Gasteiger partial charge in [0.05, 0.1) is 0 Å². The highest BCUT2D eigenvalue weighted by Crippen LogP contribution is 2.14.